The second-order valence-electron chi connectivity index (χ2n) is 13.3. The number of hydrogen-bond donors (Lipinski definition) is 0. The fourth-order valence-corrected chi connectivity index (χ4v) is 7.89. The van der Waals surface area contributed by atoms with Crippen LogP contribution in [0.5, 0.6) is 5.75 Å². The summed E-state index contributed by atoms with van der Waals surface area (Å²) in [4.78, 5) is 22.8. The molecule has 4 aliphatic heterocycles. The summed E-state index contributed by atoms with van der Waals surface area (Å²) in [7, 11) is 0. The number of halogens is 2. The fraction of sp³-hybridized carbons (Fsp3) is 0.583. The second-order valence-corrected chi connectivity index (χ2v) is 14.1. The molecule has 0 spiro atoms. The molecule has 4 fully saturated rings. The van der Waals surface area contributed by atoms with Crippen LogP contribution in [-0.2, 0) is 16.2 Å². The first-order valence-electron chi connectivity index (χ1n) is 17.5. The van der Waals surface area contributed by atoms with Crippen molar-refractivity contribution in [1.82, 2.24) is 19.3 Å². The maximum absolute atomic E-state index is 12.9. The van der Waals surface area contributed by atoms with Gasteiger partial charge in [-0.05, 0) is 93.9 Å². The Labute approximate surface area is 287 Å². The number of fused-ring (bicyclic) bond motifs is 1. The standard InChI is InChI=1S/C36H47Cl2N5O4/c37-30-7-6-8-31(34(30)38)41-22-20-39(21-23-41)15-4-5-24-45-29-11-9-27-10-12-33(44)43(32(27)25-29)26-46-36-35(47-36)42-18-13-28(14-19-42)40-16-2-1-3-17-40/h6-12,25,28,35-36H,1-5,13-24,26H2. The predicted molar refractivity (Wildman–Crippen MR) is 188 cm³/mol. The van der Waals surface area contributed by atoms with Gasteiger partial charge < -0.3 is 24.0 Å². The Bertz CT molecular complexity index is 1550. The van der Waals surface area contributed by atoms with Gasteiger partial charge in [-0.2, -0.15) is 0 Å². The molecule has 254 valence electrons. The largest absolute Gasteiger partial charge is 0.494 e. The Hall–Kier alpha value is -2.37. The van der Waals surface area contributed by atoms with Crippen molar-refractivity contribution in [3.8, 4) is 5.75 Å². The van der Waals surface area contributed by atoms with E-state index in [4.69, 9.17) is 37.4 Å². The van der Waals surface area contributed by atoms with Crippen LogP contribution in [0.4, 0.5) is 5.69 Å². The van der Waals surface area contributed by atoms with Gasteiger partial charge in [0.15, 0.2) is 6.23 Å². The van der Waals surface area contributed by atoms with Gasteiger partial charge in [0.05, 0.1) is 27.9 Å². The van der Waals surface area contributed by atoms with E-state index in [-0.39, 0.29) is 24.8 Å². The fourth-order valence-electron chi connectivity index (χ4n) is 7.48. The van der Waals surface area contributed by atoms with Crippen LogP contribution in [-0.4, -0.2) is 103 Å². The van der Waals surface area contributed by atoms with E-state index < -0.39 is 0 Å². The van der Waals surface area contributed by atoms with E-state index in [2.05, 4.69) is 19.6 Å². The number of epoxide rings is 1. The summed E-state index contributed by atoms with van der Waals surface area (Å²) in [5.41, 5.74) is 1.74. The van der Waals surface area contributed by atoms with Crippen LogP contribution in [0.15, 0.2) is 53.3 Å². The molecule has 4 saturated heterocycles. The highest BCUT2D eigenvalue weighted by Gasteiger charge is 2.46. The summed E-state index contributed by atoms with van der Waals surface area (Å²) >= 11 is 12.7. The summed E-state index contributed by atoms with van der Waals surface area (Å²) in [5.74, 6) is 0.765. The molecule has 5 heterocycles. The predicted octanol–water partition coefficient (Wildman–Crippen LogP) is 5.90. The number of piperidine rings is 2. The van der Waals surface area contributed by atoms with Gasteiger partial charge in [-0.3, -0.25) is 19.2 Å². The minimum atomic E-state index is -0.291. The van der Waals surface area contributed by atoms with Gasteiger partial charge in [-0.15, -0.1) is 0 Å². The van der Waals surface area contributed by atoms with Gasteiger partial charge in [0, 0.05) is 57.4 Å². The minimum Gasteiger partial charge on any atom is -0.494 e. The van der Waals surface area contributed by atoms with Crippen molar-refractivity contribution >= 4 is 39.8 Å². The number of unbranched alkanes of at least 4 members (excludes halogenated alkanes) is 1. The molecule has 2 aromatic carbocycles. The third-order valence-electron chi connectivity index (χ3n) is 10.3. The third-order valence-corrected chi connectivity index (χ3v) is 11.1. The smallest absolute Gasteiger partial charge is 0.252 e. The van der Waals surface area contributed by atoms with Crippen molar-refractivity contribution in [2.45, 2.75) is 70.2 Å². The highest BCUT2D eigenvalue weighted by atomic mass is 35.5. The summed E-state index contributed by atoms with van der Waals surface area (Å²) in [6.07, 6.45) is 8.15. The quantitative estimate of drug-likeness (QED) is 0.173. The molecule has 2 unspecified atom stereocenters. The molecule has 9 nitrogen and oxygen atoms in total. The summed E-state index contributed by atoms with van der Waals surface area (Å²) in [6, 6.07) is 15.9. The third kappa shape index (κ3) is 8.10. The number of ether oxygens (including phenoxy) is 3. The Morgan fingerprint density at radius 3 is 2.43 bits per heavy atom. The molecular weight excluding hydrogens is 637 g/mol. The van der Waals surface area contributed by atoms with E-state index in [0.29, 0.717) is 22.7 Å². The highest BCUT2D eigenvalue weighted by molar-refractivity contribution is 6.43. The van der Waals surface area contributed by atoms with Gasteiger partial charge in [0.1, 0.15) is 12.5 Å². The number of benzene rings is 2. The maximum atomic E-state index is 12.9. The van der Waals surface area contributed by atoms with Crippen LogP contribution in [0.2, 0.25) is 10.0 Å². The first-order chi connectivity index (χ1) is 23.0. The SMILES string of the molecule is O=c1ccc2ccc(OCCCCN3CCN(c4cccc(Cl)c4Cl)CC3)cc2n1COC1OC1N1CCC(N2CCCCC2)CC1. The molecule has 1 aromatic heterocycles. The molecule has 0 bridgehead atoms. The molecule has 2 atom stereocenters. The van der Waals surface area contributed by atoms with Crippen molar-refractivity contribution in [3.05, 3.63) is 68.9 Å². The number of likely N-dealkylation sites (tertiary alicyclic amines) is 2. The van der Waals surface area contributed by atoms with Crippen molar-refractivity contribution in [2.24, 2.45) is 0 Å². The lowest BCUT2D eigenvalue weighted by Gasteiger charge is -2.39. The molecule has 0 saturated carbocycles. The van der Waals surface area contributed by atoms with Crippen molar-refractivity contribution in [3.63, 3.8) is 0 Å². The Balaban J connectivity index is 0.843. The van der Waals surface area contributed by atoms with Gasteiger partial charge in [0.25, 0.3) is 5.56 Å². The summed E-state index contributed by atoms with van der Waals surface area (Å²) in [6.45, 7) is 10.3. The summed E-state index contributed by atoms with van der Waals surface area (Å²) in [5, 5.41) is 2.22. The molecule has 4 aliphatic rings. The van der Waals surface area contributed by atoms with Crippen LogP contribution in [0.3, 0.4) is 0 Å². The van der Waals surface area contributed by atoms with E-state index in [0.717, 1.165) is 81.0 Å². The molecule has 0 N–H and O–H groups in total. The zero-order valence-corrected chi connectivity index (χ0v) is 28.7. The first kappa shape index (κ1) is 33.1. The van der Waals surface area contributed by atoms with Crippen LogP contribution < -0.4 is 15.2 Å². The van der Waals surface area contributed by atoms with E-state index in [1.54, 1.807) is 10.6 Å². The zero-order valence-electron chi connectivity index (χ0n) is 27.2. The Morgan fingerprint density at radius 2 is 1.62 bits per heavy atom. The number of piperazine rings is 1. The molecule has 0 aliphatic carbocycles. The monoisotopic (exact) mass is 683 g/mol. The highest BCUT2D eigenvalue weighted by Crippen LogP contribution is 2.34. The zero-order chi connectivity index (χ0) is 32.2. The molecule has 0 radical (unpaired) electrons. The minimum absolute atomic E-state index is 0.00721. The molecule has 47 heavy (non-hydrogen) atoms. The van der Waals surface area contributed by atoms with Crippen molar-refractivity contribution in [2.75, 3.05) is 70.4 Å². The van der Waals surface area contributed by atoms with Crippen molar-refractivity contribution in [1.29, 1.82) is 0 Å². The van der Waals surface area contributed by atoms with Crippen LogP contribution in [0, 0.1) is 0 Å². The lowest BCUT2D eigenvalue weighted by molar-refractivity contribution is 0.00657. The van der Waals surface area contributed by atoms with Gasteiger partial charge in [-0.25, -0.2) is 0 Å². The van der Waals surface area contributed by atoms with Gasteiger partial charge >= 0.3 is 0 Å². The van der Waals surface area contributed by atoms with Crippen LogP contribution in [0.1, 0.15) is 44.9 Å². The maximum Gasteiger partial charge on any atom is 0.252 e. The number of aromatic nitrogens is 1. The van der Waals surface area contributed by atoms with Crippen LogP contribution >= 0.6 is 23.2 Å². The molecular formula is C36H47Cl2N5O4. The normalized spacial score (nSPS) is 23.4. The van der Waals surface area contributed by atoms with E-state index in [1.165, 1.54) is 45.2 Å². The summed E-state index contributed by atoms with van der Waals surface area (Å²) < 4.78 is 19.9. The Kier molecular flexibility index (Phi) is 10.9. The number of nitrogens with zero attached hydrogens (tertiary/aromatic N) is 5. The Morgan fingerprint density at radius 1 is 0.830 bits per heavy atom. The lowest BCUT2D eigenvalue weighted by Crippen LogP contribution is -2.47. The molecule has 3 aromatic rings. The average Bonchev–Trinajstić information content (AvgIpc) is 3.89. The molecule has 0 amide bonds. The first-order valence-corrected chi connectivity index (χ1v) is 18.2. The lowest BCUT2D eigenvalue weighted by atomic mass is 10.00. The number of pyridine rings is 1. The number of hydrogen-bond acceptors (Lipinski definition) is 8. The number of rotatable bonds is 12. The van der Waals surface area contributed by atoms with E-state index in [9.17, 15) is 4.79 Å². The molecule has 7 rings (SSSR count). The van der Waals surface area contributed by atoms with Gasteiger partial charge in [0.2, 0.25) is 6.29 Å². The topological polar surface area (TPSA) is 66.0 Å². The van der Waals surface area contributed by atoms with Gasteiger partial charge in [-0.1, -0.05) is 35.7 Å². The molecule has 11 heteroatoms. The average molecular weight is 685 g/mol. The number of anilines is 1. The van der Waals surface area contributed by atoms with Crippen molar-refractivity contribution < 1.29 is 14.2 Å². The van der Waals surface area contributed by atoms with E-state index in [1.807, 2.05) is 42.5 Å². The van der Waals surface area contributed by atoms with E-state index >= 15 is 0 Å². The van der Waals surface area contributed by atoms with Crippen LogP contribution in [0.25, 0.3) is 10.9 Å². The second kappa shape index (κ2) is 15.5.